The lowest BCUT2D eigenvalue weighted by Gasteiger charge is -2.20. The highest BCUT2D eigenvalue weighted by Crippen LogP contribution is 2.41. The van der Waals surface area contributed by atoms with E-state index in [0.29, 0.717) is 12.2 Å². The van der Waals surface area contributed by atoms with Crippen LogP contribution >= 0.6 is 0 Å². The molecule has 0 bridgehead atoms. The number of epoxide rings is 1. The fourth-order valence-electron chi connectivity index (χ4n) is 3.01. The summed E-state index contributed by atoms with van der Waals surface area (Å²) in [4.78, 5) is 0. The summed E-state index contributed by atoms with van der Waals surface area (Å²) in [5, 5.41) is 0. The normalized spacial score (nSPS) is 31.5. The van der Waals surface area contributed by atoms with Crippen molar-refractivity contribution < 1.29 is 9.16 Å². The minimum atomic E-state index is -1.05. The van der Waals surface area contributed by atoms with Crippen LogP contribution in [0.2, 0.25) is 12.6 Å². The Morgan fingerprint density at radius 1 is 1.22 bits per heavy atom. The summed E-state index contributed by atoms with van der Waals surface area (Å²) < 4.78 is 11.6. The Hall–Kier alpha value is -0.803. The fourth-order valence-corrected chi connectivity index (χ4v) is 4.69. The Bertz CT molecular complexity index is 381. The molecule has 4 atom stereocenters. The average molecular weight is 262 g/mol. The molecule has 0 aromatic heterocycles. The molecule has 3 heteroatoms. The predicted molar refractivity (Wildman–Crippen MR) is 75.5 cm³/mol. The van der Waals surface area contributed by atoms with Gasteiger partial charge in [-0.2, -0.15) is 0 Å². The number of hydrogen-bond acceptors (Lipinski definition) is 2. The zero-order valence-electron chi connectivity index (χ0n) is 11.0. The standard InChI is InChI=1S/C15H22O2Si/c1-18(17-13-5-3-2-4-6-13)10-9-12-7-8-14-15(11-12)16-14/h2-6,12,14-15,18H,7-11H2,1H3. The van der Waals surface area contributed by atoms with Crippen LogP contribution in [0.5, 0.6) is 5.75 Å². The van der Waals surface area contributed by atoms with Crippen molar-refractivity contribution in [1.29, 1.82) is 0 Å². The molecule has 2 nitrogen and oxygen atoms in total. The van der Waals surface area contributed by atoms with Gasteiger partial charge in [0.1, 0.15) is 5.75 Å². The van der Waals surface area contributed by atoms with E-state index in [0.717, 1.165) is 11.7 Å². The molecule has 1 saturated heterocycles. The fraction of sp³-hybridized carbons (Fsp3) is 0.600. The van der Waals surface area contributed by atoms with Gasteiger partial charge in [-0.05, 0) is 56.3 Å². The first-order valence-electron chi connectivity index (χ1n) is 7.18. The molecule has 2 fully saturated rings. The molecule has 0 amide bonds. The summed E-state index contributed by atoms with van der Waals surface area (Å²) >= 11 is 0. The molecule has 1 aromatic carbocycles. The van der Waals surface area contributed by atoms with Crippen molar-refractivity contribution in [2.24, 2.45) is 5.92 Å². The van der Waals surface area contributed by atoms with Crippen LogP contribution in [0.15, 0.2) is 30.3 Å². The van der Waals surface area contributed by atoms with Crippen LogP contribution in [0.1, 0.15) is 25.7 Å². The number of rotatable bonds is 5. The summed E-state index contributed by atoms with van der Waals surface area (Å²) in [6, 6.07) is 11.5. The predicted octanol–water partition coefficient (Wildman–Crippen LogP) is 3.38. The summed E-state index contributed by atoms with van der Waals surface area (Å²) in [5.41, 5.74) is 0. The quantitative estimate of drug-likeness (QED) is 0.599. The topological polar surface area (TPSA) is 21.8 Å². The highest BCUT2D eigenvalue weighted by atomic mass is 28.3. The molecule has 18 heavy (non-hydrogen) atoms. The lowest BCUT2D eigenvalue weighted by Crippen LogP contribution is -2.20. The van der Waals surface area contributed by atoms with Crippen LogP contribution in [0, 0.1) is 5.92 Å². The summed E-state index contributed by atoms with van der Waals surface area (Å²) in [5.74, 6) is 1.94. The van der Waals surface area contributed by atoms with Crippen LogP contribution in [-0.4, -0.2) is 21.2 Å². The summed E-state index contributed by atoms with van der Waals surface area (Å²) in [6.07, 6.45) is 6.56. The molecule has 2 aliphatic rings. The number of benzene rings is 1. The van der Waals surface area contributed by atoms with Crippen LogP contribution in [0.4, 0.5) is 0 Å². The summed E-state index contributed by atoms with van der Waals surface area (Å²) in [7, 11) is -1.05. The van der Waals surface area contributed by atoms with Crippen LogP contribution in [-0.2, 0) is 4.74 Å². The largest absolute Gasteiger partial charge is 0.547 e. The molecule has 3 rings (SSSR count). The van der Waals surface area contributed by atoms with Gasteiger partial charge in [0.2, 0.25) is 9.04 Å². The maximum Gasteiger partial charge on any atom is 0.232 e. The molecule has 1 aliphatic carbocycles. The van der Waals surface area contributed by atoms with E-state index >= 15 is 0 Å². The first kappa shape index (κ1) is 12.2. The van der Waals surface area contributed by atoms with E-state index in [1.54, 1.807) is 0 Å². The SMILES string of the molecule is C[SiH](CCC1CCC2OC2C1)Oc1ccccc1. The zero-order valence-corrected chi connectivity index (χ0v) is 12.2. The Morgan fingerprint density at radius 2 is 2.06 bits per heavy atom. The Labute approximate surface area is 111 Å². The van der Waals surface area contributed by atoms with E-state index in [9.17, 15) is 0 Å². The van der Waals surface area contributed by atoms with E-state index in [-0.39, 0.29) is 0 Å². The molecular weight excluding hydrogens is 240 g/mol. The first-order chi connectivity index (χ1) is 8.81. The van der Waals surface area contributed by atoms with Crippen molar-refractivity contribution in [3.8, 4) is 5.75 Å². The number of ether oxygens (including phenoxy) is 1. The van der Waals surface area contributed by atoms with Gasteiger partial charge in [-0.3, -0.25) is 0 Å². The zero-order chi connectivity index (χ0) is 12.4. The van der Waals surface area contributed by atoms with E-state index in [1.165, 1.54) is 31.7 Å². The van der Waals surface area contributed by atoms with E-state index in [4.69, 9.17) is 9.16 Å². The minimum absolute atomic E-state index is 0.621. The number of hydrogen-bond donors (Lipinski definition) is 0. The molecular formula is C15H22O2Si. The van der Waals surface area contributed by atoms with Crippen molar-refractivity contribution in [2.75, 3.05) is 0 Å². The van der Waals surface area contributed by atoms with Crippen molar-refractivity contribution in [2.45, 2.75) is 50.5 Å². The van der Waals surface area contributed by atoms with Crippen molar-refractivity contribution in [3.63, 3.8) is 0 Å². The van der Waals surface area contributed by atoms with Crippen LogP contribution in [0.3, 0.4) is 0 Å². The second-order valence-corrected chi connectivity index (χ2v) is 8.15. The third-order valence-electron chi connectivity index (χ3n) is 4.17. The monoisotopic (exact) mass is 262 g/mol. The molecule has 1 saturated carbocycles. The molecule has 4 unspecified atom stereocenters. The Kier molecular flexibility index (Phi) is 3.71. The van der Waals surface area contributed by atoms with Gasteiger partial charge >= 0.3 is 0 Å². The number of para-hydroxylation sites is 1. The number of fused-ring (bicyclic) bond motifs is 1. The second kappa shape index (κ2) is 5.45. The molecule has 0 radical (unpaired) electrons. The molecule has 1 aromatic rings. The Balaban J connectivity index is 1.40. The van der Waals surface area contributed by atoms with Gasteiger partial charge in [0.25, 0.3) is 0 Å². The van der Waals surface area contributed by atoms with Crippen molar-refractivity contribution >= 4 is 9.04 Å². The van der Waals surface area contributed by atoms with Crippen LogP contribution < -0.4 is 4.43 Å². The van der Waals surface area contributed by atoms with Gasteiger partial charge < -0.3 is 9.16 Å². The minimum Gasteiger partial charge on any atom is -0.547 e. The van der Waals surface area contributed by atoms with Gasteiger partial charge in [-0.1, -0.05) is 18.2 Å². The highest BCUT2D eigenvalue weighted by Gasteiger charge is 2.43. The van der Waals surface area contributed by atoms with E-state index < -0.39 is 9.04 Å². The second-order valence-electron chi connectivity index (χ2n) is 5.71. The van der Waals surface area contributed by atoms with Crippen LogP contribution in [0.25, 0.3) is 0 Å². The van der Waals surface area contributed by atoms with Crippen molar-refractivity contribution in [3.05, 3.63) is 30.3 Å². The molecule has 0 spiro atoms. The van der Waals surface area contributed by atoms with Gasteiger partial charge in [0, 0.05) is 0 Å². The van der Waals surface area contributed by atoms with Gasteiger partial charge in [-0.25, -0.2) is 0 Å². The lowest BCUT2D eigenvalue weighted by molar-refractivity contribution is 0.356. The third kappa shape index (κ3) is 3.15. The molecule has 1 aliphatic heterocycles. The van der Waals surface area contributed by atoms with Crippen molar-refractivity contribution in [1.82, 2.24) is 0 Å². The highest BCUT2D eigenvalue weighted by molar-refractivity contribution is 6.51. The van der Waals surface area contributed by atoms with E-state index in [2.05, 4.69) is 18.7 Å². The maximum absolute atomic E-state index is 6.05. The third-order valence-corrected chi connectivity index (χ3v) is 6.00. The average Bonchev–Trinajstić information content (AvgIpc) is 3.16. The first-order valence-corrected chi connectivity index (χ1v) is 9.62. The lowest BCUT2D eigenvalue weighted by atomic mass is 9.88. The Morgan fingerprint density at radius 3 is 2.83 bits per heavy atom. The summed E-state index contributed by atoms with van der Waals surface area (Å²) in [6.45, 7) is 2.31. The van der Waals surface area contributed by atoms with Gasteiger partial charge in [0.05, 0.1) is 12.2 Å². The maximum atomic E-state index is 6.05. The van der Waals surface area contributed by atoms with E-state index in [1.807, 2.05) is 18.2 Å². The van der Waals surface area contributed by atoms with Gasteiger partial charge in [-0.15, -0.1) is 0 Å². The molecule has 98 valence electrons. The smallest absolute Gasteiger partial charge is 0.232 e. The van der Waals surface area contributed by atoms with Gasteiger partial charge in [0.15, 0.2) is 0 Å². The molecule has 0 N–H and O–H groups in total. The molecule has 1 heterocycles.